The highest BCUT2D eigenvalue weighted by Crippen LogP contribution is 2.33. The van der Waals surface area contributed by atoms with E-state index in [1.807, 2.05) is 48.2 Å². The van der Waals surface area contributed by atoms with Gasteiger partial charge in [0.2, 0.25) is 0 Å². The number of carbonyl (C=O) groups excluding carboxylic acids is 2. The van der Waals surface area contributed by atoms with Gasteiger partial charge in [0.1, 0.15) is 0 Å². The maximum absolute atomic E-state index is 12.2. The third-order valence-electron chi connectivity index (χ3n) is 4.64. The molecule has 1 aliphatic rings. The van der Waals surface area contributed by atoms with Crippen LogP contribution in [0.5, 0.6) is 0 Å². The molecule has 0 spiro atoms. The Bertz CT molecular complexity index is 805. The van der Waals surface area contributed by atoms with Gasteiger partial charge in [-0.15, -0.1) is 11.8 Å². The van der Waals surface area contributed by atoms with Crippen LogP contribution in [-0.2, 0) is 14.3 Å². The number of benzene rings is 2. The number of piperidine rings is 1. The molecule has 3 rings (SSSR count). The zero-order chi connectivity index (χ0) is 18.5. The second kappa shape index (κ2) is 8.78. The van der Waals surface area contributed by atoms with Crippen LogP contribution in [0.15, 0.2) is 41.3 Å². The van der Waals surface area contributed by atoms with Crippen molar-refractivity contribution in [3.8, 4) is 0 Å². The molecule has 0 N–H and O–H groups in total. The van der Waals surface area contributed by atoms with E-state index in [1.165, 1.54) is 11.8 Å². The van der Waals surface area contributed by atoms with Crippen LogP contribution < -0.4 is 0 Å². The van der Waals surface area contributed by atoms with Crippen LogP contribution >= 0.6 is 23.4 Å². The molecule has 1 heterocycles. The predicted molar refractivity (Wildman–Crippen MR) is 106 cm³/mol. The molecule has 2 aromatic carbocycles. The molecule has 1 fully saturated rings. The summed E-state index contributed by atoms with van der Waals surface area (Å²) < 4.78 is 5.19. The summed E-state index contributed by atoms with van der Waals surface area (Å²) in [6.45, 7) is 2.61. The smallest absolute Gasteiger partial charge is 0.316 e. The van der Waals surface area contributed by atoms with Crippen molar-refractivity contribution < 1.29 is 14.3 Å². The SMILES string of the molecule is C[C@@H]1CCCCN1C(=O)COC(=O)CSc1cccc2cccc(Cl)c12. The van der Waals surface area contributed by atoms with Gasteiger partial charge in [0, 0.05) is 27.9 Å². The number of nitrogens with zero attached hydrogens (tertiary/aromatic N) is 1. The summed E-state index contributed by atoms with van der Waals surface area (Å²) in [6, 6.07) is 11.8. The molecule has 1 atom stereocenters. The Hall–Kier alpha value is -1.72. The Morgan fingerprint density at radius 2 is 2.00 bits per heavy atom. The van der Waals surface area contributed by atoms with E-state index in [0.29, 0.717) is 5.02 Å². The van der Waals surface area contributed by atoms with E-state index in [4.69, 9.17) is 16.3 Å². The number of rotatable bonds is 5. The standard InChI is InChI=1S/C20H22ClNO3S/c1-14-6-2-3-11-22(14)18(23)12-25-19(24)13-26-17-10-5-8-15-7-4-9-16(21)20(15)17/h4-5,7-10,14H,2-3,6,11-13H2,1H3/t14-/m1/s1. The second-order valence-electron chi connectivity index (χ2n) is 6.48. The van der Waals surface area contributed by atoms with Crippen LogP contribution in [0.1, 0.15) is 26.2 Å². The van der Waals surface area contributed by atoms with E-state index in [1.54, 1.807) is 0 Å². The van der Waals surface area contributed by atoms with Gasteiger partial charge in [0.25, 0.3) is 5.91 Å². The summed E-state index contributed by atoms with van der Waals surface area (Å²) in [4.78, 5) is 27.0. The number of hydrogen-bond donors (Lipinski definition) is 0. The lowest BCUT2D eigenvalue weighted by Gasteiger charge is -2.33. The minimum atomic E-state index is -0.392. The van der Waals surface area contributed by atoms with Crippen LogP contribution in [-0.4, -0.2) is 41.7 Å². The molecule has 26 heavy (non-hydrogen) atoms. The maximum Gasteiger partial charge on any atom is 0.316 e. The molecule has 0 radical (unpaired) electrons. The first kappa shape index (κ1) is 19.1. The van der Waals surface area contributed by atoms with E-state index >= 15 is 0 Å². The molecule has 138 valence electrons. The van der Waals surface area contributed by atoms with Gasteiger partial charge in [-0.3, -0.25) is 9.59 Å². The number of fused-ring (bicyclic) bond motifs is 1. The quantitative estimate of drug-likeness (QED) is 0.555. The first-order valence-corrected chi connectivity index (χ1v) is 10.2. The normalized spacial score (nSPS) is 17.3. The van der Waals surface area contributed by atoms with Gasteiger partial charge in [-0.1, -0.05) is 35.9 Å². The zero-order valence-corrected chi connectivity index (χ0v) is 16.3. The highest BCUT2D eigenvalue weighted by Gasteiger charge is 2.23. The third-order valence-corrected chi connectivity index (χ3v) is 5.99. The number of carbonyl (C=O) groups is 2. The molecular formula is C20H22ClNO3S. The maximum atomic E-state index is 12.2. The van der Waals surface area contributed by atoms with Crippen molar-refractivity contribution in [3.05, 3.63) is 41.4 Å². The Labute approximate surface area is 162 Å². The largest absolute Gasteiger partial charge is 0.455 e. The molecule has 0 unspecified atom stereocenters. The molecule has 0 bridgehead atoms. The summed E-state index contributed by atoms with van der Waals surface area (Å²) in [5.41, 5.74) is 0. The molecule has 1 amide bonds. The number of esters is 1. The van der Waals surface area contributed by atoms with Gasteiger partial charge in [-0.2, -0.15) is 0 Å². The summed E-state index contributed by atoms with van der Waals surface area (Å²) in [7, 11) is 0. The molecule has 1 saturated heterocycles. The number of thioether (sulfide) groups is 1. The van der Waals surface area contributed by atoms with Crippen LogP contribution in [0.3, 0.4) is 0 Å². The second-order valence-corrected chi connectivity index (χ2v) is 7.90. The van der Waals surface area contributed by atoms with Crippen molar-refractivity contribution in [2.45, 2.75) is 37.1 Å². The molecule has 0 saturated carbocycles. The molecule has 1 aliphatic heterocycles. The molecular weight excluding hydrogens is 370 g/mol. The monoisotopic (exact) mass is 391 g/mol. The summed E-state index contributed by atoms with van der Waals surface area (Å²) in [6.07, 6.45) is 3.17. The first-order valence-electron chi connectivity index (χ1n) is 8.81. The van der Waals surface area contributed by atoms with E-state index < -0.39 is 5.97 Å². The van der Waals surface area contributed by atoms with Crippen molar-refractivity contribution in [2.75, 3.05) is 18.9 Å². The van der Waals surface area contributed by atoms with E-state index in [-0.39, 0.29) is 24.3 Å². The van der Waals surface area contributed by atoms with Crippen molar-refractivity contribution in [2.24, 2.45) is 0 Å². The van der Waals surface area contributed by atoms with Crippen LogP contribution in [0.25, 0.3) is 10.8 Å². The zero-order valence-electron chi connectivity index (χ0n) is 14.7. The summed E-state index contributed by atoms with van der Waals surface area (Å²) in [5, 5.41) is 2.63. The predicted octanol–water partition coefficient (Wildman–Crippen LogP) is 4.53. The average Bonchev–Trinajstić information content (AvgIpc) is 2.65. The van der Waals surface area contributed by atoms with Gasteiger partial charge in [0.05, 0.1) is 5.75 Å². The minimum absolute atomic E-state index is 0.108. The lowest BCUT2D eigenvalue weighted by atomic mass is 10.0. The number of hydrogen-bond acceptors (Lipinski definition) is 4. The molecule has 4 nitrogen and oxygen atoms in total. The van der Waals surface area contributed by atoms with Gasteiger partial charge in [-0.05, 0) is 43.7 Å². The van der Waals surface area contributed by atoms with Gasteiger partial charge in [-0.25, -0.2) is 0 Å². The van der Waals surface area contributed by atoms with Gasteiger partial charge >= 0.3 is 5.97 Å². The number of amides is 1. The summed E-state index contributed by atoms with van der Waals surface area (Å²) in [5.74, 6) is -0.353. The molecule has 2 aromatic rings. The van der Waals surface area contributed by atoms with Crippen molar-refractivity contribution in [1.82, 2.24) is 4.90 Å². The number of likely N-dealkylation sites (tertiary alicyclic amines) is 1. The van der Waals surface area contributed by atoms with Crippen LogP contribution in [0.4, 0.5) is 0 Å². The Kier molecular flexibility index (Phi) is 6.43. The lowest BCUT2D eigenvalue weighted by molar-refractivity contribution is -0.151. The lowest BCUT2D eigenvalue weighted by Crippen LogP contribution is -2.44. The molecule has 6 heteroatoms. The highest BCUT2D eigenvalue weighted by molar-refractivity contribution is 8.00. The number of ether oxygens (including phenoxy) is 1. The fourth-order valence-electron chi connectivity index (χ4n) is 3.25. The topological polar surface area (TPSA) is 46.6 Å². The summed E-state index contributed by atoms with van der Waals surface area (Å²) >= 11 is 7.68. The van der Waals surface area contributed by atoms with Crippen LogP contribution in [0.2, 0.25) is 5.02 Å². The van der Waals surface area contributed by atoms with Crippen molar-refractivity contribution in [1.29, 1.82) is 0 Å². The van der Waals surface area contributed by atoms with Gasteiger partial charge < -0.3 is 9.64 Å². The minimum Gasteiger partial charge on any atom is -0.455 e. The van der Waals surface area contributed by atoms with Crippen molar-refractivity contribution in [3.63, 3.8) is 0 Å². The number of halogens is 1. The Morgan fingerprint density at radius 1 is 1.23 bits per heavy atom. The molecule has 0 aliphatic carbocycles. The fraction of sp³-hybridized carbons (Fsp3) is 0.400. The van der Waals surface area contributed by atoms with Crippen LogP contribution in [0, 0.1) is 0 Å². The first-order chi connectivity index (χ1) is 12.6. The average molecular weight is 392 g/mol. The van der Waals surface area contributed by atoms with E-state index in [9.17, 15) is 9.59 Å². The van der Waals surface area contributed by atoms with E-state index in [0.717, 1.165) is 41.5 Å². The highest BCUT2D eigenvalue weighted by atomic mass is 35.5. The Morgan fingerprint density at radius 3 is 2.77 bits per heavy atom. The third kappa shape index (κ3) is 4.51. The van der Waals surface area contributed by atoms with E-state index in [2.05, 4.69) is 0 Å². The van der Waals surface area contributed by atoms with Crippen molar-refractivity contribution >= 4 is 46.0 Å². The Balaban J connectivity index is 1.54. The molecule has 0 aromatic heterocycles. The fourth-order valence-corrected chi connectivity index (χ4v) is 4.50. The van der Waals surface area contributed by atoms with Gasteiger partial charge in [0.15, 0.2) is 6.61 Å².